The van der Waals surface area contributed by atoms with Crippen LogP contribution >= 0.6 is 0 Å². The number of anilines is 1. The number of ether oxygens (including phenoxy) is 2. The molecule has 0 saturated heterocycles. The van der Waals surface area contributed by atoms with Gasteiger partial charge in [-0.3, -0.25) is 4.79 Å². The van der Waals surface area contributed by atoms with E-state index in [1.54, 1.807) is 48.5 Å². The predicted octanol–water partition coefficient (Wildman–Crippen LogP) is 4.10. The molecular weight excluding hydrogens is 368 g/mol. The monoisotopic (exact) mass is 386 g/mol. The Bertz CT molecular complexity index is 1040. The summed E-state index contributed by atoms with van der Waals surface area (Å²) in [6.07, 6.45) is -1.15. The van der Waals surface area contributed by atoms with Crippen molar-refractivity contribution in [3.63, 3.8) is 0 Å². The largest absolute Gasteiger partial charge is 0.497 e. The van der Waals surface area contributed by atoms with Crippen molar-refractivity contribution < 1.29 is 19.1 Å². The standard InChI is InChI=1S/C23H18N2O4/c1-28-20-9-5-8-19(14-20)25-22(26)21(17-6-3-2-4-7-17)29-23(27)18-12-10-16(15-24)11-13-18/h2-14,21H,1H3,(H,25,26)/t21-/m1/s1. The number of rotatable bonds is 6. The second-order valence-electron chi connectivity index (χ2n) is 6.11. The summed E-state index contributed by atoms with van der Waals surface area (Å²) >= 11 is 0. The zero-order valence-electron chi connectivity index (χ0n) is 15.7. The van der Waals surface area contributed by atoms with Gasteiger partial charge in [0.25, 0.3) is 5.91 Å². The molecule has 0 aliphatic rings. The molecule has 3 aromatic rings. The Morgan fingerprint density at radius 3 is 2.34 bits per heavy atom. The molecule has 0 radical (unpaired) electrons. The molecule has 29 heavy (non-hydrogen) atoms. The molecule has 6 nitrogen and oxygen atoms in total. The van der Waals surface area contributed by atoms with Crippen LogP contribution in [0, 0.1) is 11.3 Å². The highest BCUT2D eigenvalue weighted by Gasteiger charge is 2.26. The Labute approximate surface area is 168 Å². The number of benzene rings is 3. The van der Waals surface area contributed by atoms with Crippen molar-refractivity contribution in [2.45, 2.75) is 6.10 Å². The molecule has 0 heterocycles. The molecular formula is C23H18N2O4. The van der Waals surface area contributed by atoms with Crippen LogP contribution in [0.3, 0.4) is 0 Å². The van der Waals surface area contributed by atoms with Gasteiger partial charge in [-0.15, -0.1) is 0 Å². The van der Waals surface area contributed by atoms with Gasteiger partial charge in [0.1, 0.15) is 5.75 Å². The summed E-state index contributed by atoms with van der Waals surface area (Å²) in [5.41, 5.74) is 1.73. The molecule has 0 saturated carbocycles. The molecule has 6 heteroatoms. The number of amides is 1. The van der Waals surface area contributed by atoms with E-state index >= 15 is 0 Å². The number of nitrogens with one attached hydrogen (secondary N) is 1. The summed E-state index contributed by atoms with van der Waals surface area (Å²) < 4.78 is 10.7. The smallest absolute Gasteiger partial charge is 0.339 e. The van der Waals surface area contributed by atoms with Gasteiger partial charge in [0.2, 0.25) is 6.10 Å². The molecule has 1 atom stereocenters. The van der Waals surface area contributed by atoms with Gasteiger partial charge in [0.15, 0.2) is 0 Å². The maximum Gasteiger partial charge on any atom is 0.339 e. The Morgan fingerprint density at radius 2 is 1.69 bits per heavy atom. The minimum absolute atomic E-state index is 0.249. The fourth-order valence-electron chi connectivity index (χ4n) is 2.67. The van der Waals surface area contributed by atoms with Crippen molar-refractivity contribution in [1.29, 1.82) is 5.26 Å². The molecule has 0 unspecified atom stereocenters. The lowest BCUT2D eigenvalue weighted by Gasteiger charge is -2.18. The van der Waals surface area contributed by atoms with Gasteiger partial charge in [-0.25, -0.2) is 4.79 Å². The highest BCUT2D eigenvalue weighted by Crippen LogP contribution is 2.23. The summed E-state index contributed by atoms with van der Waals surface area (Å²) in [6, 6.07) is 23.6. The Kier molecular flexibility index (Phi) is 6.23. The molecule has 0 aliphatic carbocycles. The lowest BCUT2D eigenvalue weighted by molar-refractivity contribution is -0.125. The van der Waals surface area contributed by atoms with Crippen LogP contribution in [0.2, 0.25) is 0 Å². The van der Waals surface area contributed by atoms with Crippen LogP contribution in [-0.4, -0.2) is 19.0 Å². The fourth-order valence-corrected chi connectivity index (χ4v) is 2.67. The minimum atomic E-state index is -1.15. The molecule has 3 rings (SSSR count). The van der Waals surface area contributed by atoms with Gasteiger partial charge < -0.3 is 14.8 Å². The summed E-state index contributed by atoms with van der Waals surface area (Å²) in [6.45, 7) is 0. The van der Waals surface area contributed by atoms with Gasteiger partial charge in [-0.2, -0.15) is 5.26 Å². The molecule has 0 aromatic heterocycles. The van der Waals surface area contributed by atoms with Crippen molar-refractivity contribution in [2.24, 2.45) is 0 Å². The second-order valence-corrected chi connectivity index (χ2v) is 6.11. The average Bonchev–Trinajstić information content (AvgIpc) is 2.78. The first kappa shape index (κ1) is 19.6. The lowest BCUT2D eigenvalue weighted by atomic mass is 10.1. The van der Waals surface area contributed by atoms with Crippen LogP contribution in [0.25, 0.3) is 0 Å². The van der Waals surface area contributed by atoms with Crippen LogP contribution in [0.1, 0.15) is 27.6 Å². The number of methoxy groups -OCH3 is 1. The Balaban J connectivity index is 1.83. The van der Waals surface area contributed by atoms with Crippen molar-refractivity contribution in [3.05, 3.63) is 95.6 Å². The maximum atomic E-state index is 12.9. The van der Waals surface area contributed by atoms with Crippen LogP contribution in [0.4, 0.5) is 5.69 Å². The number of hydrogen-bond acceptors (Lipinski definition) is 5. The maximum absolute atomic E-state index is 12.9. The Hall–Kier alpha value is -4.11. The first-order valence-corrected chi connectivity index (χ1v) is 8.81. The van der Waals surface area contributed by atoms with E-state index in [9.17, 15) is 9.59 Å². The van der Waals surface area contributed by atoms with Crippen LogP contribution in [0.15, 0.2) is 78.9 Å². The third kappa shape index (κ3) is 4.99. The van der Waals surface area contributed by atoms with E-state index in [1.807, 2.05) is 12.1 Å². The molecule has 3 aromatic carbocycles. The van der Waals surface area contributed by atoms with Gasteiger partial charge in [0.05, 0.1) is 24.3 Å². The van der Waals surface area contributed by atoms with E-state index in [1.165, 1.54) is 31.4 Å². The second kappa shape index (κ2) is 9.20. The summed E-state index contributed by atoms with van der Waals surface area (Å²) in [5.74, 6) is -0.566. The van der Waals surface area contributed by atoms with Crippen LogP contribution < -0.4 is 10.1 Å². The van der Waals surface area contributed by atoms with E-state index in [-0.39, 0.29) is 5.56 Å². The van der Waals surface area contributed by atoms with Crippen molar-refractivity contribution in [3.8, 4) is 11.8 Å². The van der Waals surface area contributed by atoms with E-state index in [0.29, 0.717) is 22.6 Å². The molecule has 1 N–H and O–H groups in total. The summed E-state index contributed by atoms with van der Waals surface area (Å²) in [4.78, 5) is 25.5. The minimum Gasteiger partial charge on any atom is -0.497 e. The molecule has 0 spiro atoms. The number of esters is 1. The van der Waals surface area contributed by atoms with Crippen molar-refractivity contribution >= 4 is 17.6 Å². The number of nitrogens with zero attached hydrogens (tertiary/aromatic N) is 1. The van der Waals surface area contributed by atoms with E-state index in [4.69, 9.17) is 14.7 Å². The third-order valence-electron chi connectivity index (χ3n) is 4.15. The number of carbonyl (C=O) groups excluding carboxylic acids is 2. The van der Waals surface area contributed by atoms with Gasteiger partial charge in [-0.05, 0) is 36.4 Å². The van der Waals surface area contributed by atoms with E-state index in [0.717, 1.165) is 0 Å². The lowest BCUT2D eigenvalue weighted by Crippen LogP contribution is -2.26. The summed E-state index contributed by atoms with van der Waals surface area (Å²) in [5, 5.41) is 11.6. The number of carbonyl (C=O) groups is 2. The highest BCUT2D eigenvalue weighted by atomic mass is 16.5. The topological polar surface area (TPSA) is 88.4 Å². The fraction of sp³-hybridized carbons (Fsp3) is 0.0870. The zero-order valence-corrected chi connectivity index (χ0v) is 15.7. The molecule has 0 bridgehead atoms. The van der Waals surface area contributed by atoms with Gasteiger partial charge >= 0.3 is 5.97 Å². The predicted molar refractivity (Wildman–Crippen MR) is 107 cm³/mol. The number of nitriles is 1. The first-order chi connectivity index (χ1) is 14.1. The molecule has 0 fully saturated rings. The van der Waals surface area contributed by atoms with Crippen molar-refractivity contribution in [2.75, 3.05) is 12.4 Å². The quantitative estimate of drug-likeness (QED) is 0.644. The van der Waals surface area contributed by atoms with E-state index < -0.39 is 18.0 Å². The van der Waals surface area contributed by atoms with Crippen molar-refractivity contribution in [1.82, 2.24) is 0 Å². The summed E-state index contributed by atoms with van der Waals surface area (Å²) in [7, 11) is 1.53. The third-order valence-corrected chi connectivity index (χ3v) is 4.15. The Morgan fingerprint density at radius 1 is 0.966 bits per heavy atom. The average molecular weight is 386 g/mol. The van der Waals surface area contributed by atoms with Gasteiger partial charge in [-0.1, -0.05) is 36.4 Å². The molecule has 144 valence electrons. The van der Waals surface area contributed by atoms with Crippen LogP contribution in [0.5, 0.6) is 5.75 Å². The highest BCUT2D eigenvalue weighted by molar-refractivity contribution is 5.98. The van der Waals surface area contributed by atoms with Gasteiger partial charge in [0, 0.05) is 17.3 Å². The SMILES string of the molecule is COc1cccc(NC(=O)[C@H](OC(=O)c2ccc(C#N)cc2)c2ccccc2)c1. The van der Waals surface area contributed by atoms with Crippen LogP contribution in [-0.2, 0) is 9.53 Å². The van der Waals surface area contributed by atoms with E-state index in [2.05, 4.69) is 5.32 Å². The molecule has 0 aliphatic heterocycles. The number of hydrogen-bond donors (Lipinski definition) is 1. The first-order valence-electron chi connectivity index (χ1n) is 8.81. The normalized spacial score (nSPS) is 11.0. The zero-order chi connectivity index (χ0) is 20.6. The molecule has 1 amide bonds.